The number of thiocarbonyl (C=S) groups is 1. The van der Waals surface area contributed by atoms with Crippen molar-refractivity contribution in [3.05, 3.63) is 120 Å². The van der Waals surface area contributed by atoms with E-state index in [-0.39, 0.29) is 17.5 Å². The summed E-state index contributed by atoms with van der Waals surface area (Å²) in [6, 6.07) is 31.2. The minimum absolute atomic E-state index is 0.00458. The summed E-state index contributed by atoms with van der Waals surface area (Å²) in [6.07, 6.45) is 0. The molecule has 196 valence electrons. The highest BCUT2D eigenvalue weighted by atomic mass is 32.2. The molecule has 0 aliphatic carbocycles. The van der Waals surface area contributed by atoms with Crippen LogP contribution >= 0.6 is 24.0 Å². The molecule has 0 heterocycles. The van der Waals surface area contributed by atoms with E-state index < -0.39 is 5.25 Å². The van der Waals surface area contributed by atoms with Crippen molar-refractivity contribution in [2.75, 3.05) is 16.0 Å². The molecule has 0 aliphatic rings. The fourth-order valence-electron chi connectivity index (χ4n) is 3.76. The van der Waals surface area contributed by atoms with E-state index in [1.54, 1.807) is 48.5 Å². The summed E-state index contributed by atoms with van der Waals surface area (Å²) >= 11 is 6.89. The number of thioether (sulfide) groups is 1. The second-order valence-corrected chi connectivity index (χ2v) is 10.4. The predicted octanol–water partition coefficient (Wildman–Crippen LogP) is 7.37. The van der Waals surface area contributed by atoms with Gasteiger partial charge in [0.15, 0.2) is 16.7 Å². The average molecular weight is 554 g/mol. The first kappa shape index (κ1) is 27.8. The van der Waals surface area contributed by atoms with E-state index in [4.69, 9.17) is 12.2 Å². The van der Waals surface area contributed by atoms with E-state index in [0.29, 0.717) is 21.9 Å². The van der Waals surface area contributed by atoms with E-state index >= 15 is 0 Å². The Balaban J connectivity index is 1.46. The first-order valence-electron chi connectivity index (χ1n) is 12.2. The smallest absolute Gasteiger partial charge is 0.242 e. The fraction of sp³-hybridized carbons (Fsp3) is 0.0968. The lowest BCUT2D eigenvalue weighted by molar-refractivity contribution is -0.115. The highest BCUT2D eigenvalue weighted by molar-refractivity contribution is 8.00. The molecule has 8 heteroatoms. The van der Waals surface area contributed by atoms with E-state index in [9.17, 15) is 14.4 Å². The molecule has 0 radical (unpaired) electrons. The topological polar surface area (TPSA) is 87.3 Å². The van der Waals surface area contributed by atoms with Crippen molar-refractivity contribution < 1.29 is 14.4 Å². The van der Waals surface area contributed by atoms with Gasteiger partial charge in [0, 0.05) is 33.1 Å². The molecule has 39 heavy (non-hydrogen) atoms. The molecule has 0 aliphatic heterocycles. The molecular weight excluding hydrogens is 526 g/mol. The van der Waals surface area contributed by atoms with Crippen LogP contribution in [0.4, 0.5) is 17.1 Å². The maximum Gasteiger partial charge on any atom is 0.242 e. The van der Waals surface area contributed by atoms with Crippen LogP contribution in [0.3, 0.4) is 0 Å². The molecule has 0 fully saturated rings. The van der Waals surface area contributed by atoms with Crippen molar-refractivity contribution in [1.82, 2.24) is 0 Å². The van der Waals surface area contributed by atoms with Gasteiger partial charge in [-0.3, -0.25) is 14.4 Å². The normalized spacial score (nSPS) is 11.2. The highest BCUT2D eigenvalue weighted by Gasteiger charge is 2.22. The van der Waals surface area contributed by atoms with Crippen LogP contribution in [0.2, 0.25) is 0 Å². The zero-order chi connectivity index (χ0) is 27.8. The molecule has 0 aromatic heterocycles. The molecule has 1 atom stereocenters. The molecule has 4 aromatic carbocycles. The molecule has 1 unspecified atom stereocenters. The first-order chi connectivity index (χ1) is 18.8. The van der Waals surface area contributed by atoms with Crippen LogP contribution in [0, 0.1) is 0 Å². The Labute approximate surface area is 237 Å². The number of hydrogen-bond donors (Lipinski definition) is 3. The zero-order valence-electron chi connectivity index (χ0n) is 21.4. The Hall–Kier alpha value is -4.27. The molecule has 0 bridgehead atoms. The molecule has 0 spiro atoms. The van der Waals surface area contributed by atoms with Crippen molar-refractivity contribution in [1.29, 1.82) is 0 Å². The number of anilines is 3. The Morgan fingerprint density at radius 2 is 1.18 bits per heavy atom. The quantitative estimate of drug-likeness (QED) is 0.113. The standard InChI is InChI=1S/C31H27N3O3S2/c1-20(35)22-11-15-25(16-12-22)32-30(37)29(24-7-4-3-5-8-24)39-28-10-6-9-27(19-28)34-31(38)33-26-17-13-23(14-18-26)21(2)36/h3-19,29H,1-2H3,(H,32,37)(H2,33,34,38). The summed E-state index contributed by atoms with van der Waals surface area (Å²) in [5.74, 6) is -0.198. The van der Waals surface area contributed by atoms with Gasteiger partial charge in [0.05, 0.1) is 0 Å². The van der Waals surface area contributed by atoms with Gasteiger partial charge in [-0.05, 0) is 98.4 Å². The summed E-state index contributed by atoms with van der Waals surface area (Å²) in [4.78, 5) is 37.3. The Bertz CT molecular complexity index is 1490. The zero-order valence-corrected chi connectivity index (χ0v) is 23.1. The lowest BCUT2D eigenvalue weighted by Crippen LogP contribution is -2.19. The van der Waals surface area contributed by atoms with Gasteiger partial charge < -0.3 is 16.0 Å². The monoisotopic (exact) mass is 553 g/mol. The lowest BCUT2D eigenvalue weighted by Gasteiger charge is -2.18. The molecule has 6 nitrogen and oxygen atoms in total. The van der Waals surface area contributed by atoms with Crippen LogP contribution in [-0.4, -0.2) is 22.6 Å². The second-order valence-electron chi connectivity index (χ2n) is 8.77. The fourth-order valence-corrected chi connectivity index (χ4v) is 5.08. The highest BCUT2D eigenvalue weighted by Crippen LogP contribution is 2.37. The largest absolute Gasteiger partial charge is 0.332 e. The summed E-state index contributed by atoms with van der Waals surface area (Å²) in [7, 11) is 0. The Kier molecular flexibility index (Phi) is 9.25. The number of rotatable bonds is 9. The van der Waals surface area contributed by atoms with Crippen molar-refractivity contribution in [2.45, 2.75) is 24.0 Å². The number of carbonyl (C=O) groups excluding carboxylic acids is 3. The van der Waals surface area contributed by atoms with E-state index in [0.717, 1.165) is 21.8 Å². The molecule has 0 saturated carbocycles. The lowest BCUT2D eigenvalue weighted by atomic mass is 10.1. The van der Waals surface area contributed by atoms with Gasteiger partial charge in [-0.2, -0.15) is 0 Å². The molecule has 4 aromatic rings. The first-order valence-corrected chi connectivity index (χ1v) is 13.5. The van der Waals surface area contributed by atoms with Gasteiger partial charge in [0.1, 0.15) is 5.25 Å². The molecule has 3 N–H and O–H groups in total. The summed E-state index contributed by atoms with van der Waals surface area (Å²) in [6.45, 7) is 3.03. The molecule has 1 amide bonds. The van der Waals surface area contributed by atoms with Crippen LogP contribution in [0.5, 0.6) is 0 Å². The maximum atomic E-state index is 13.4. The SMILES string of the molecule is CC(=O)c1ccc(NC(=O)C(Sc2cccc(NC(=S)Nc3ccc(C(C)=O)cc3)c2)c2ccccc2)cc1. The predicted molar refractivity (Wildman–Crippen MR) is 163 cm³/mol. The minimum Gasteiger partial charge on any atom is -0.332 e. The van der Waals surface area contributed by atoms with Gasteiger partial charge in [-0.25, -0.2) is 0 Å². The van der Waals surface area contributed by atoms with Crippen molar-refractivity contribution in [3.63, 3.8) is 0 Å². The van der Waals surface area contributed by atoms with Gasteiger partial charge >= 0.3 is 0 Å². The van der Waals surface area contributed by atoms with Gasteiger partial charge in [-0.15, -0.1) is 11.8 Å². The summed E-state index contributed by atoms with van der Waals surface area (Å²) < 4.78 is 0. The number of Topliss-reactive ketones (excluding diaryl/α,β-unsaturated/α-hetero) is 2. The van der Waals surface area contributed by atoms with Crippen molar-refractivity contribution in [2.24, 2.45) is 0 Å². The van der Waals surface area contributed by atoms with E-state index in [1.807, 2.05) is 54.6 Å². The van der Waals surface area contributed by atoms with Crippen LogP contribution in [0.25, 0.3) is 0 Å². The van der Waals surface area contributed by atoms with Crippen molar-refractivity contribution in [3.8, 4) is 0 Å². The minimum atomic E-state index is -0.515. The van der Waals surface area contributed by atoms with Crippen LogP contribution < -0.4 is 16.0 Å². The number of amides is 1. The van der Waals surface area contributed by atoms with Crippen LogP contribution in [0.1, 0.15) is 45.4 Å². The average Bonchev–Trinajstić information content (AvgIpc) is 2.93. The Morgan fingerprint density at radius 1 is 0.641 bits per heavy atom. The summed E-state index contributed by atoms with van der Waals surface area (Å²) in [5.41, 5.74) is 4.24. The third kappa shape index (κ3) is 7.86. The second kappa shape index (κ2) is 13.0. The number of hydrogen-bond acceptors (Lipinski definition) is 5. The number of nitrogens with one attached hydrogen (secondary N) is 3. The third-order valence-electron chi connectivity index (χ3n) is 5.79. The number of ketones is 2. The number of carbonyl (C=O) groups is 3. The van der Waals surface area contributed by atoms with Gasteiger partial charge in [0.2, 0.25) is 5.91 Å². The number of benzene rings is 4. The van der Waals surface area contributed by atoms with E-state index in [1.165, 1.54) is 25.6 Å². The van der Waals surface area contributed by atoms with Crippen LogP contribution in [0.15, 0.2) is 108 Å². The van der Waals surface area contributed by atoms with Crippen molar-refractivity contribution >= 4 is 63.6 Å². The van der Waals surface area contributed by atoms with Gasteiger partial charge in [-0.1, -0.05) is 36.4 Å². The molecular formula is C31H27N3O3S2. The van der Waals surface area contributed by atoms with Gasteiger partial charge in [0.25, 0.3) is 0 Å². The Morgan fingerprint density at radius 3 is 1.74 bits per heavy atom. The molecule has 4 rings (SSSR count). The molecule has 0 saturated heterocycles. The van der Waals surface area contributed by atoms with E-state index in [2.05, 4.69) is 16.0 Å². The third-order valence-corrected chi connectivity index (χ3v) is 7.25. The summed E-state index contributed by atoms with van der Waals surface area (Å²) in [5, 5.41) is 9.15. The maximum absolute atomic E-state index is 13.4. The van der Waals surface area contributed by atoms with Crippen LogP contribution in [-0.2, 0) is 4.79 Å².